The van der Waals surface area contributed by atoms with Crippen molar-refractivity contribution in [3.05, 3.63) is 84.7 Å². The minimum Gasteiger partial charge on any atom is -0.497 e. The van der Waals surface area contributed by atoms with Gasteiger partial charge < -0.3 is 15.4 Å². The van der Waals surface area contributed by atoms with E-state index in [1.165, 1.54) is 0 Å². The summed E-state index contributed by atoms with van der Waals surface area (Å²) >= 11 is 0. The molecule has 1 amide bonds. The molecule has 28 heavy (non-hydrogen) atoms. The molecule has 2 aromatic heterocycles. The molecule has 6 nitrogen and oxygen atoms in total. The number of anilines is 3. The Balaban J connectivity index is 1.48. The molecule has 2 aromatic carbocycles. The number of hydrogen-bond acceptors (Lipinski definition) is 5. The van der Waals surface area contributed by atoms with E-state index >= 15 is 0 Å². The highest BCUT2D eigenvalue weighted by molar-refractivity contribution is 6.04. The number of amides is 1. The normalized spacial score (nSPS) is 10.5. The van der Waals surface area contributed by atoms with E-state index in [0.29, 0.717) is 22.8 Å². The zero-order valence-corrected chi connectivity index (χ0v) is 15.2. The molecule has 0 saturated heterocycles. The number of rotatable bonds is 5. The van der Waals surface area contributed by atoms with Gasteiger partial charge in [0, 0.05) is 17.1 Å². The number of carbonyl (C=O) groups excluding carboxylic acids is 1. The second-order valence-corrected chi connectivity index (χ2v) is 6.12. The van der Waals surface area contributed by atoms with Crippen LogP contribution < -0.4 is 15.4 Å². The van der Waals surface area contributed by atoms with E-state index in [2.05, 4.69) is 20.6 Å². The van der Waals surface area contributed by atoms with Crippen LogP contribution in [0.4, 0.5) is 17.2 Å². The van der Waals surface area contributed by atoms with Crippen LogP contribution in [0.3, 0.4) is 0 Å². The first kappa shape index (κ1) is 17.5. The summed E-state index contributed by atoms with van der Waals surface area (Å²) in [5.74, 6) is 1.08. The average Bonchev–Trinajstić information content (AvgIpc) is 2.75. The van der Waals surface area contributed by atoms with Crippen LogP contribution in [-0.2, 0) is 0 Å². The predicted octanol–water partition coefficient (Wildman–Crippen LogP) is 4.63. The Kier molecular flexibility index (Phi) is 4.84. The lowest BCUT2D eigenvalue weighted by molar-refractivity contribution is 0.102. The number of nitrogens with zero attached hydrogens (tertiary/aromatic N) is 2. The minimum atomic E-state index is -0.223. The summed E-state index contributed by atoms with van der Waals surface area (Å²) < 4.78 is 5.15. The number of pyridine rings is 2. The molecular formula is C22H18N4O2. The molecule has 6 heteroatoms. The zero-order chi connectivity index (χ0) is 19.3. The van der Waals surface area contributed by atoms with Gasteiger partial charge in [0.2, 0.25) is 0 Å². The van der Waals surface area contributed by atoms with Crippen LogP contribution in [0.25, 0.3) is 10.9 Å². The Bertz CT molecular complexity index is 1120. The molecule has 138 valence electrons. The minimum absolute atomic E-state index is 0.223. The lowest BCUT2D eigenvalue weighted by Crippen LogP contribution is -2.12. The lowest BCUT2D eigenvalue weighted by atomic mass is 10.2. The summed E-state index contributed by atoms with van der Waals surface area (Å²) in [5, 5.41) is 7.16. The maximum Gasteiger partial charge on any atom is 0.255 e. The molecule has 0 atom stereocenters. The molecule has 0 saturated carbocycles. The molecule has 0 radical (unpaired) electrons. The van der Waals surface area contributed by atoms with Crippen LogP contribution in [0.2, 0.25) is 0 Å². The van der Waals surface area contributed by atoms with E-state index in [9.17, 15) is 4.79 Å². The fourth-order valence-electron chi connectivity index (χ4n) is 2.85. The van der Waals surface area contributed by atoms with Crippen LogP contribution in [0, 0.1) is 0 Å². The van der Waals surface area contributed by atoms with Gasteiger partial charge in [-0.25, -0.2) is 4.98 Å². The van der Waals surface area contributed by atoms with Gasteiger partial charge in [-0.2, -0.15) is 0 Å². The van der Waals surface area contributed by atoms with Crippen molar-refractivity contribution in [3.63, 3.8) is 0 Å². The van der Waals surface area contributed by atoms with Crippen molar-refractivity contribution in [1.82, 2.24) is 9.97 Å². The number of aromatic nitrogens is 2. The smallest absolute Gasteiger partial charge is 0.255 e. The zero-order valence-electron chi connectivity index (χ0n) is 15.2. The highest BCUT2D eigenvalue weighted by atomic mass is 16.5. The lowest BCUT2D eigenvalue weighted by Gasteiger charge is -2.10. The van der Waals surface area contributed by atoms with Gasteiger partial charge in [0.15, 0.2) is 0 Å². The summed E-state index contributed by atoms with van der Waals surface area (Å²) in [6, 6.07) is 20.4. The van der Waals surface area contributed by atoms with Crippen LogP contribution in [0.5, 0.6) is 5.75 Å². The molecule has 4 aromatic rings. The largest absolute Gasteiger partial charge is 0.497 e. The standard InChI is InChI=1S/C22H18N4O2/c1-28-18-8-2-6-16(13-18)22(27)25-17-10-11-20(24-14-17)26-19-9-3-5-15-7-4-12-23-21(15)19/h2-14H,1H3,(H,24,26)(H,25,27). The molecule has 0 aliphatic carbocycles. The van der Waals surface area contributed by atoms with Crippen molar-refractivity contribution in [3.8, 4) is 5.75 Å². The van der Waals surface area contributed by atoms with Crippen molar-refractivity contribution < 1.29 is 9.53 Å². The van der Waals surface area contributed by atoms with Gasteiger partial charge in [-0.15, -0.1) is 0 Å². The van der Waals surface area contributed by atoms with Crippen LogP contribution >= 0.6 is 0 Å². The van der Waals surface area contributed by atoms with Gasteiger partial charge in [0.05, 0.1) is 30.2 Å². The monoisotopic (exact) mass is 370 g/mol. The van der Waals surface area contributed by atoms with Crippen molar-refractivity contribution in [1.29, 1.82) is 0 Å². The van der Waals surface area contributed by atoms with Gasteiger partial charge in [-0.1, -0.05) is 24.3 Å². The maximum atomic E-state index is 12.4. The van der Waals surface area contributed by atoms with Crippen molar-refractivity contribution >= 4 is 34.0 Å². The second-order valence-electron chi connectivity index (χ2n) is 6.12. The number of carbonyl (C=O) groups is 1. The number of nitrogens with one attached hydrogen (secondary N) is 2. The Morgan fingerprint density at radius 3 is 2.64 bits per heavy atom. The first-order chi connectivity index (χ1) is 13.7. The molecule has 0 unspecified atom stereocenters. The first-order valence-electron chi connectivity index (χ1n) is 8.75. The molecule has 0 bridgehead atoms. The number of fused-ring (bicyclic) bond motifs is 1. The van der Waals surface area contributed by atoms with Gasteiger partial charge >= 0.3 is 0 Å². The summed E-state index contributed by atoms with van der Waals surface area (Å²) in [5.41, 5.74) is 2.87. The Labute approximate surface area is 162 Å². The second kappa shape index (κ2) is 7.75. The highest BCUT2D eigenvalue weighted by Crippen LogP contribution is 2.24. The topological polar surface area (TPSA) is 76.1 Å². The van der Waals surface area contributed by atoms with E-state index < -0.39 is 0 Å². The average molecular weight is 370 g/mol. The molecule has 0 aliphatic heterocycles. The first-order valence-corrected chi connectivity index (χ1v) is 8.75. The molecule has 0 spiro atoms. The molecule has 2 N–H and O–H groups in total. The molecule has 2 heterocycles. The maximum absolute atomic E-state index is 12.4. The molecule has 4 rings (SSSR count). The summed E-state index contributed by atoms with van der Waals surface area (Å²) in [4.78, 5) is 21.2. The summed E-state index contributed by atoms with van der Waals surface area (Å²) in [6.45, 7) is 0. The van der Waals surface area contributed by atoms with Gasteiger partial charge in [0.1, 0.15) is 11.6 Å². The van der Waals surface area contributed by atoms with E-state index in [1.54, 1.807) is 49.8 Å². The van der Waals surface area contributed by atoms with E-state index in [1.807, 2.05) is 36.4 Å². The van der Waals surface area contributed by atoms with Crippen molar-refractivity contribution in [2.24, 2.45) is 0 Å². The Morgan fingerprint density at radius 2 is 1.82 bits per heavy atom. The number of methoxy groups -OCH3 is 1. The number of benzene rings is 2. The molecule has 0 aliphatic rings. The van der Waals surface area contributed by atoms with Crippen LogP contribution in [0.1, 0.15) is 10.4 Å². The van der Waals surface area contributed by atoms with Crippen LogP contribution in [-0.4, -0.2) is 23.0 Å². The fourth-order valence-corrected chi connectivity index (χ4v) is 2.85. The van der Waals surface area contributed by atoms with E-state index in [-0.39, 0.29) is 5.91 Å². The third-order valence-corrected chi connectivity index (χ3v) is 4.25. The molecular weight excluding hydrogens is 352 g/mol. The van der Waals surface area contributed by atoms with Crippen molar-refractivity contribution in [2.45, 2.75) is 0 Å². The number of para-hydroxylation sites is 1. The SMILES string of the molecule is COc1cccc(C(=O)Nc2ccc(Nc3cccc4cccnc34)nc2)c1. The van der Waals surface area contributed by atoms with Crippen molar-refractivity contribution in [2.75, 3.05) is 17.7 Å². The Morgan fingerprint density at radius 1 is 0.964 bits per heavy atom. The van der Waals surface area contributed by atoms with E-state index in [4.69, 9.17) is 4.74 Å². The Hall–Kier alpha value is -3.93. The summed E-state index contributed by atoms with van der Waals surface area (Å²) in [6.07, 6.45) is 3.37. The fraction of sp³-hybridized carbons (Fsp3) is 0.0455. The number of ether oxygens (including phenoxy) is 1. The van der Waals surface area contributed by atoms with Gasteiger partial charge in [0.25, 0.3) is 5.91 Å². The number of hydrogen-bond donors (Lipinski definition) is 2. The van der Waals surface area contributed by atoms with E-state index in [0.717, 1.165) is 16.6 Å². The van der Waals surface area contributed by atoms with Gasteiger partial charge in [-0.3, -0.25) is 9.78 Å². The third kappa shape index (κ3) is 3.76. The molecule has 0 fully saturated rings. The highest BCUT2D eigenvalue weighted by Gasteiger charge is 2.08. The predicted molar refractivity (Wildman–Crippen MR) is 110 cm³/mol. The van der Waals surface area contributed by atoms with Gasteiger partial charge in [-0.05, 0) is 42.5 Å². The third-order valence-electron chi connectivity index (χ3n) is 4.25. The quantitative estimate of drug-likeness (QED) is 0.535. The summed E-state index contributed by atoms with van der Waals surface area (Å²) in [7, 11) is 1.57. The van der Waals surface area contributed by atoms with Crippen LogP contribution in [0.15, 0.2) is 79.1 Å².